The molecule has 2 heterocycles. The van der Waals surface area contributed by atoms with Crippen molar-refractivity contribution >= 4 is 28.3 Å². The predicted octanol–water partition coefficient (Wildman–Crippen LogP) is 0.702. The first kappa shape index (κ1) is 13.1. The molecule has 1 aliphatic rings. The van der Waals surface area contributed by atoms with Crippen LogP contribution in [0.15, 0.2) is 0 Å². The third-order valence-corrected chi connectivity index (χ3v) is 3.76. The maximum atomic E-state index is 11.8. The van der Waals surface area contributed by atoms with E-state index in [-0.39, 0.29) is 11.8 Å². The number of rotatable bonds is 4. The molecule has 0 atom stereocenters. The Bertz CT molecular complexity index is 415. The number of carbonyl (C=O) groups is 1. The van der Waals surface area contributed by atoms with Gasteiger partial charge in [0.15, 0.2) is 15.8 Å². The number of piperazine rings is 1. The van der Waals surface area contributed by atoms with Crippen molar-refractivity contribution in [2.24, 2.45) is 0 Å². The molecule has 18 heavy (non-hydrogen) atoms. The average molecular weight is 270 g/mol. The Morgan fingerprint density at radius 3 is 2.94 bits per heavy atom. The van der Waals surface area contributed by atoms with E-state index in [1.165, 1.54) is 11.3 Å². The van der Waals surface area contributed by atoms with Crippen molar-refractivity contribution < 1.29 is 9.53 Å². The van der Waals surface area contributed by atoms with Crippen LogP contribution in [0.5, 0.6) is 0 Å². The van der Waals surface area contributed by atoms with E-state index >= 15 is 0 Å². The zero-order chi connectivity index (χ0) is 13.0. The van der Waals surface area contributed by atoms with Gasteiger partial charge in [-0.2, -0.15) is 0 Å². The summed E-state index contributed by atoms with van der Waals surface area (Å²) in [6, 6.07) is 0. The summed E-state index contributed by atoms with van der Waals surface area (Å²) in [4.78, 5) is 18.6. The van der Waals surface area contributed by atoms with Gasteiger partial charge in [0, 0.05) is 26.2 Å². The van der Waals surface area contributed by atoms with Crippen molar-refractivity contribution in [2.75, 3.05) is 43.4 Å². The zero-order valence-electron chi connectivity index (χ0n) is 10.4. The number of ether oxygens (including phenoxy) is 1. The van der Waals surface area contributed by atoms with E-state index in [0.29, 0.717) is 11.5 Å². The summed E-state index contributed by atoms with van der Waals surface area (Å²) < 4.78 is 5.08. The number of nitrogen functional groups attached to an aromatic ring is 1. The lowest BCUT2D eigenvalue weighted by molar-refractivity contribution is 0.0512. The number of nitrogens with zero attached hydrogens (tertiary/aromatic N) is 2. The number of anilines is 2. The molecule has 6 nitrogen and oxygen atoms in total. The third kappa shape index (κ3) is 2.91. The molecule has 0 aromatic carbocycles. The lowest BCUT2D eigenvalue weighted by Gasteiger charge is -2.26. The first-order valence-electron chi connectivity index (χ1n) is 6.11. The largest absolute Gasteiger partial charge is 0.461 e. The van der Waals surface area contributed by atoms with Crippen molar-refractivity contribution in [1.82, 2.24) is 10.3 Å². The minimum atomic E-state index is -0.367. The first-order valence-corrected chi connectivity index (χ1v) is 6.93. The number of esters is 1. The van der Waals surface area contributed by atoms with Gasteiger partial charge < -0.3 is 20.7 Å². The number of aromatic nitrogens is 1. The Kier molecular flexibility index (Phi) is 4.38. The summed E-state index contributed by atoms with van der Waals surface area (Å²) in [5.74, 6) is -0.0946. The highest BCUT2D eigenvalue weighted by molar-refractivity contribution is 7.18. The molecular weight excluding hydrogens is 252 g/mol. The molecule has 0 aliphatic carbocycles. The molecule has 0 bridgehead atoms. The molecule has 1 aromatic heterocycles. The molecular formula is C11H18N4O2S. The summed E-state index contributed by atoms with van der Waals surface area (Å²) in [7, 11) is 0. The van der Waals surface area contributed by atoms with E-state index in [9.17, 15) is 4.79 Å². The normalized spacial score (nSPS) is 15.7. The number of thiazole rings is 1. The summed E-state index contributed by atoms with van der Waals surface area (Å²) in [5, 5.41) is 4.07. The summed E-state index contributed by atoms with van der Waals surface area (Å²) in [5.41, 5.74) is 5.78. The van der Waals surface area contributed by atoms with Crippen molar-refractivity contribution in [3.63, 3.8) is 0 Å². The Morgan fingerprint density at radius 1 is 1.56 bits per heavy atom. The van der Waals surface area contributed by atoms with Gasteiger partial charge in [0.2, 0.25) is 0 Å². The van der Waals surface area contributed by atoms with E-state index in [1.807, 2.05) is 6.92 Å². The van der Waals surface area contributed by atoms with Crippen LogP contribution in [0.1, 0.15) is 23.0 Å². The topological polar surface area (TPSA) is 80.5 Å². The van der Waals surface area contributed by atoms with Crippen LogP contribution in [0.4, 0.5) is 10.9 Å². The van der Waals surface area contributed by atoms with Crippen LogP contribution in [0, 0.1) is 0 Å². The molecule has 7 heteroatoms. The second kappa shape index (κ2) is 6.01. The molecule has 2 rings (SSSR count). The number of carbonyl (C=O) groups excluding carboxylic acids is 1. The van der Waals surface area contributed by atoms with Crippen LogP contribution < -0.4 is 16.0 Å². The van der Waals surface area contributed by atoms with E-state index in [1.54, 1.807) is 0 Å². The monoisotopic (exact) mass is 270 g/mol. The second-order valence-electron chi connectivity index (χ2n) is 4.08. The van der Waals surface area contributed by atoms with Crippen LogP contribution in [0.25, 0.3) is 0 Å². The molecule has 1 fully saturated rings. The summed E-state index contributed by atoms with van der Waals surface area (Å²) >= 11 is 1.31. The Morgan fingerprint density at radius 2 is 2.28 bits per heavy atom. The predicted molar refractivity (Wildman–Crippen MR) is 72.2 cm³/mol. The quantitative estimate of drug-likeness (QED) is 0.784. The molecule has 100 valence electrons. The van der Waals surface area contributed by atoms with Gasteiger partial charge in [-0.25, -0.2) is 9.78 Å². The maximum Gasteiger partial charge on any atom is 0.352 e. The summed E-state index contributed by atoms with van der Waals surface area (Å²) in [6.07, 6.45) is 0.801. The molecule has 1 aliphatic heterocycles. The molecule has 0 radical (unpaired) electrons. The van der Waals surface area contributed by atoms with Crippen molar-refractivity contribution in [1.29, 1.82) is 0 Å². The fourth-order valence-electron chi connectivity index (χ4n) is 1.72. The summed E-state index contributed by atoms with van der Waals surface area (Å²) in [6.45, 7) is 5.99. The van der Waals surface area contributed by atoms with Gasteiger partial charge >= 0.3 is 5.97 Å². The van der Waals surface area contributed by atoms with Crippen LogP contribution in [0.2, 0.25) is 0 Å². The molecule has 3 N–H and O–H groups in total. The standard InChI is InChI=1S/C11H18N4O2S/c1-2-7-17-10(16)8-9(12)14-11(18-8)15-5-3-13-4-6-15/h13H,2-7,12H2,1H3. The van der Waals surface area contributed by atoms with E-state index < -0.39 is 0 Å². The van der Waals surface area contributed by atoms with Crippen molar-refractivity contribution in [3.8, 4) is 0 Å². The fourth-order valence-corrected chi connectivity index (χ4v) is 2.65. The average Bonchev–Trinajstić information content (AvgIpc) is 2.79. The molecule has 0 amide bonds. The zero-order valence-corrected chi connectivity index (χ0v) is 11.3. The molecule has 0 spiro atoms. The smallest absolute Gasteiger partial charge is 0.352 e. The molecule has 1 saturated heterocycles. The highest BCUT2D eigenvalue weighted by Crippen LogP contribution is 2.28. The van der Waals surface area contributed by atoms with Gasteiger partial charge in [-0.1, -0.05) is 18.3 Å². The number of nitrogens with one attached hydrogen (secondary N) is 1. The maximum absolute atomic E-state index is 11.8. The minimum Gasteiger partial charge on any atom is -0.461 e. The van der Waals surface area contributed by atoms with Gasteiger partial charge in [-0.3, -0.25) is 0 Å². The molecule has 0 unspecified atom stereocenters. The van der Waals surface area contributed by atoms with Gasteiger partial charge in [0.25, 0.3) is 0 Å². The van der Waals surface area contributed by atoms with Gasteiger partial charge in [-0.15, -0.1) is 0 Å². The third-order valence-electron chi connectivity index (χ3n) is 2.65. The van der Waals surface area contributed by atoms with Gasteiger partial charge in [-0.05, 0) is 6.42 Å². The van der Waals surface area contributed by atoms with Crippen LogP contribution >= 0.6 is 11.3 Å². The first-order chi connectivity index (χ1) is 8.72. The lowest BCUT2D eigenvalue weighted by Crippen LogP contribution is -2.43. The Hall–Kier alpha value is -1.34. The highest BCUT2D eigenvalue weighted by Gasteiger charge is 2.21. The second-order valence-corrected chi connectivity index (χ2v) is 5.06. The number of hydrogen-bond acceptors (Lipinski definition) is 7. The van der Waals surface area contributed by atoms with E-state index in [2.05, 4.69) is 15.2 Å². The SMILES string of the molecule is CCCOC(=O)c1sc(N2CCNCC2)nc1N. The fraction of sp³-hybridized carbons (Fsp3) is 0.636. The van der Waals surface area contributed by atoms with Crippen molar-refractivity contribution in [2.45, 2.75) is 13.3 Å². The van der Waals surface area contributed by atoms with Crippen LogP contribution in [0.3, 0.4) is 0 Å². The van der Waals surface area contributed by atoms with Gasteiger partial charge in [0.1, 0.15) is 0 Å². The lowest BCUT2D eigenvalue weighted by atomic mass is 10.4. The highest BCUT2D eigenvalue weighted by atomic mass is 32.1. The Balaban J connectivity index is 2.08. The number of nitrogens with two attached hydrogens (primary N) is 1. The van der Waals surface area contributed by atoms with E-state index in [4.69, 9.17) is 10.5 Å². The van der Waals surface area contributed by atoms with Crippen LogP contribution in [-0.2, 0) is 4.74 Å². The Labute approximate surface area is 110 Å². The molecule has 0 saturated carbocycles. The van der Waals surface area contributed by atoms with Crippen molar-refractivity contribution in [3.05, 3.63) is 4.88 Å². The van der Waals surface area contributed by atoms with Crippen LogP contribution in [-0.4, -0.2) is 43.7 Å². The van der Waals surface area contributed by atoms with Gasteiger partial charge in [0.05, 0.1) is 6.61 Å². The minimum absolute atomic E-state index is 0.273. The number of hydrogen-bond donors (Lipinski definition) is 2. The molecule has 1 aromatic rings. The van der Waals surface area contributed by atoms with E-state index in [0.717, 1.165) is 37.7 Å².